The molecule has 12 heteroatoms. The van der Waals surface area contributed by atoms with E-state index in [0.29, 0.717) is 17.4 Å². The van der Waals surface area contributed by atoms with Crippen molar-refractivity contribution in [3.8, 4) is 5.88 Å². The molecule has 0 radical (unpaired) electrons. The number of carbonyl (C=O) groups is 2. The van der Waals surface area contributed by atoms with Crippen LogP contribution in [-0.2, 0) is 20.0 Å². The summed E-state index contributed by atoms with van der Waals surface area (Å²) in [7, 11) is -3.11. The summed E-state index contributed by atoms with van der Waals surface area (Å²) in [6.07, 6.45) is 1.26. The lowest BCUT2D eigenvalue weighted by Crippen LogP contribution is -2.50. The molecule has 2 aliphatic rings. The first-order valence-corrected chi connectivity index (χ1v) is 12.7. The van der Waals surface area contributed by atoms with E-state index < -0.39 is 50.9 Å². The Morgan fingerprint density at radius 1 is 1.14 bits per heavy atom. The molecule has 35 heavy (non-hydrogen) atoms. The molecule has 0 atom stereocenters. The molecule has 1 aromatic heterocycles. The van der Waals surface area contributed by atoms with Crippen LogP contribution < -0.4 is 15.0 Å². The van der Waals surface area contributed by atoms with Gasteiger partial charge in [0.2, 0.25) is 11.8 Å². The standard InChI is InChI=1S/C23H24F3N3O5S/c1-22(2)14-10-13(19(30)28-23(3)6-8-35(32,33)9-7-23)4-5-16(14)29(20(22)31)17-11-18(34-21(25)26)27-12-15(17)24/h4-5,10-12,21H,6-9H2,1-3H3,(H,28,30). The number of halogens is 3. The minimum absolute atomic E-state index is 0.0147. The van der Waals surface area contributed by atoms with E-state index in [1.54, 1.807) is 20.8 Å². The summed E-state index contributed by atoms with van der Waals surface area (Å²) < 4.78 is 67.6. The van der Waals surface area contributed by atoms with Crippen LogP contribution >= 0.6 is 0 Å². The van der Waals surface area contributed by atoms with Gasteiger partial charge in [0.15, 0.2) is 5.82 Å². The highest BCUT2D eigenvalue weighted by Crippen LogP contribution is 2.46. The molecular weight excluding hydrogens is 487 g/mol. The zero-order valence-corrected chi connectivity index (χ0v) is 20.1. The maximum atomic E-state index is 14.6. The Balaban J connectivity index is 1.66. The number of nitrogens with one attached hydrogen (secondary N) is 1. The maximum absolute atomic E-state index is 14.6. The summed E-state index contributed by atoms with van der Waals surface area (Å²) in [4.78, 5) is 30.8. The number of fused-ring (bicyclic) bond motifs is 1. The zero-order chi connectivity index (χ0) is 25.8. The second-order valence-electron chi connectivity index (χ2n) is 9.52. The molecule has 0 bridgehead atoms. The van der Waals surface area contributed by atoms with Crippen LogP contribution in [0.3, 0.4) is 0 Å². The van der Waals surface area contributed by atoms with Gasteiger partial charge < -0.3 is 10.1 Å². The van der Waals surface area contributed by atoms with E-state index in [1.807, 2.05) is 0 Å². The van der Waals surface area contributed by atoms with Gasteiger partial charge in [-0.15, -0.1) is 0 Å². The first kappa shape index (κ1) is 25.0. The molecule has 1 saturated heterocycles. The monoisotopic (exact) mass is 511 g/mol. The summed E-state index contributed by atoms with van der Waals surface area (Å²) >= 11 is 0. The number of rotatable bonds is 5. The largest absolute Gasteiger partial charge is 0.417 e. The molecule has 0 saturated carbocycles. The minimum Gasteiger partial charge on any atom is -0.417 e. The molecule has 3 heterocycles. The summed E-state index contributed by atoms with van der Waals surface area (Å²) in [6.45, 7) is 1.83. The molecule has 8 nitrogen and oxygen atoms in total. The summed E-state index contributed by atoms with van der Waals surface area (Å²) in [5.41, 5.74) is -1.18. The van der Waals surface area contributed by atoms with Gasteiger partial charge in [0, 0.05) is 17.2 Å². The van der Waals surface area contributed by atoms with Crippen molar-refractivity contribution in [3.05, 3.63) is 47.4 Å². The third kappa shape index (κ3) is 4.71. The Morgan fingerprint density at radius 3 is 2.43 bits per heavy atom. The van der Waals surface area contributed by atoms with Gasteiger partial charge in [-0.1, -0.05) is 0 Å². The van der Waals surface area contributed by atoms with Crippen molar-refractivity contribution in [3.63, 3.8) is 0 Å². The van der Waals surface area contributed by atoms with Crippen molar-refractivity contribution in [2.24, 2.45) is 0 Å². The summed E-state index contributed by atoms with van der Waals surface area (Å²) in [5.74, 6) is -2.44. The van der Waals surface area contributed by atoms with Gasteiger partial charge >= 0.3 is 6.61 Å². The topological polar surface area (TPSA) is 106 Å². The van der Waals surface area contributed by atoms with Gasteiger partial charge in [-0.3, -0.25) is 14.5 Å². The van der Waals surface area contributed by atoms with Crippen molar-refractivity contribution in [2.75, 3.05) is 16.4 Å². The van der Waals surface area contributed by atoms with Crippen LogP contribution in [0.2, 0.25) is 0 Å². The Morgan fingerprint density at radius 2 is 1.80 bits per heavy atom. The highest BCUT2D eigenvalue weighted by atomic mass is 32.2. The van der Waals surface area contributed by atoms with Crippen LogP contribution in [0.5, 0.6) is 5.88 Å². The van der Waals surface area contributed by atoms with Crippen LogP contribution in [0.1, 0.15) is 49.5 Å². The zero-order valence-electron chi connectivity index (χ0n) is 19.3. The van der Waals surface area contributed by atoms with E-state index in [4.69, 9.17) is 0 Å². The normalized spacial score (nSPS) is 20.0. The Hall–Kier alpha value is -3.15. The lowest BCUT2D eigenvalue weighted by molar-refractivity contribution is -0.121. The lowest BCUT2D eigenvalue weighted by Gasteiger charge is -2.34. The molecule has 188 valence electrons. The lowest BCUT2D eigenvalue weighted by atomic mass is 9.85. The first-order valence-electron chi connectivity index (χ1n) is 10.8. The predicted molar refractivity (Wildman–Crippen MR) is 121 cm³/mol. The number of anilines is 2. The van der Waals surface area contributed by atoms with Crippen molar-refractivity contribution < 1.29 is 35.9 Å². The third-order valence-corrected chi connectivity index (χ3v) is 8.17. The number of amides is 2. The Labute approximate surface area is 200 Å². The van der Waals surface area contributed by atoms with Crippen molar-refractivity contribution in [1.29, 1.82) is 0 Å². The Kier molecular flexibility index (Phi) is 6.06. The van der Waals surface area contributed by atoms with Gasteiger partial charge in [0.05, 0.1) is 34.5 Å². The van der Waals surface area contributed by atoms with Crippen molar-refractivity contribution in [1.82, 2.24) is 10.3 Å². The van der Waals surface area contributed by atoms with Gasteiger partial charge in [0.1, 0.15) is 9.84 Å². The Bertz CT molecular complexity index is 1300. The molecule has 1 N–H and O–H groups in total. The van der Waals surface area contributed by atoms with Crippen molar-refractivity contribution >= 4 is 33.0 Å². The van der Waals surface area contributed by atoms with E-state index in [1.165, 1.54) is 18.2 Å². The predicted octanol–water partition coefficient (Wildman–Crippen LogP) is 3.48. The van der Waals surface area contributed by atoms with Crippen molar-refractivity contribution in [2.45, 2.75) is 51.2 Å². The number of hydrogen-bond donors (Lipinski definition) is 1. The maximum Gasteiger partial charge on any atom is 0.388 e. The molecule has 2 aliphatic heterocycles. The average molecular weight is 512 g/mol. The number of benzene rings is 1. The smallest absolute Gasteiger partial charge is 0.388 e. The molecule has 2 aromatic rings. The quantitative estimate of drug-likeness (QED) is 0.659. The van der Waals surface area contributed by atoms with Crippen LogP contribution in [0.15, 0.2) is 30.5 Å². The van der Waals surface area contributed by atoms with Crippen LogP contribution in [0.4, 0.5) is 24.5 Å². The SMILES string of the molecule is CC1(NC(=O)c2ccc3c(c2)C(C)(C)C(=O)N3c2cc(OC(F)F)ncc2F)CCS(=O)(=O)CC1. The fraction of sp³-hybridized carbons (Fsp3) is 0.435. The van der Waals surface area contributed by atoms with Gasteiger partial charge in [0.25, 0.3) is 5.91 Å². The molecule has 0 aliphatic carbocycles. The summed E-state index contributed by atoms with van der Waals surface area (Å²) in [6, 6.07) is 5.40. The number of nitrogens with zero attached hydrogens (tertiary/aromatic N) is 2. The van der Waals surface area contributed by atoms with E-state index in [-0.39, 0.29) is 35.6 Å². The molecule has 1 aromatic carbocycles. The van der Waals surface area contributed by atoms with Crippen LogP contribution in [0, 0.1) is 5.82 Å². The molecule has 0 unspecified atom stereocenters. The average Bonchev–Trinajstić information content (AvgIpc) is 2.97. The van der Waals surface area contributed by atoms with Gasteiger partial charge in [-0.2, -0.15) is 8.78 Å². The number of aromatic nitrogens is 1. The van der Waals surface area contributed by atoms with E-state index in [0.717, 1.165) is 11.0 Å². The second-order valence-corrected chi connectivity index (χ2v) is 11.8. The van der Waals surface area contributed by atoms with Gasteiger partial charge in [-0.25, -0.2) is 17.8 Å². The molecule has 0 spiro atoms. The first-order chi connectivity index (χ1) is 16.2. The molecular formula is C23H24F3N3O5S. The molecule has 4 rings (SSSR count). The second kappa shape index (κ2) is 8.51. The number of pyridine rings is 1. The van der Waals surface area contributed by atoms with Crippen LogP contribution in [-0.4, -0.2) is 48.9 Å². The van der Waals surface area contributed by atoms with Gasteiger partial charge in [-0.05, 0) is 57.4 Å². The fourth-order valence-electron chi connectivity index (χ4n) is 4.31. The number of hydrogen-bond acceptors (Lipinski definition) is 6. The number of ether oxygens (including phenoxy) is 1. The number of sulfone groups is 1. The summed E-state index contributed by atoms with van der Waals surface area (Å²) in [5, 5.41) is 2.90. The van der Waals surface area contributed by atoms with Crippen LogP contribution in [0.25, 0.3) is 0 Å². The highest BCUT2D eigenvalue weighted by molar-refractivity contribution is 7.91. The number of alkyl halides is 2. The van der Waals surface area contributed by atoms with E-state index in [9.17, 15) is 31.2 Å². The third-order valence-electron chi connectivity index (χ3n) is 6.52. The highest BCUT2D eigenvalue weighted by Gasteiger charge is 2.46. The van der Waals surface area contributed by atoms with E-state index >= 15 is 0 Å². The van der Waals surface area contributed by atoms with E-state index in [2.05, 4.69) is 15.0 Å². The fourth-order valence-corrected chi connectivity index (χ4v) is 6.04. The minimum atomic E-state index is -3.17. The molecule has 1 fully saturated rings. The molecule has 2 amide bonds. The number of carbonyl (C=O) groups excluding carboxylic acids is 2.